The summed E-state index contributed by atoms with van der Waals surface area (Å²) < 4.78 is 1.00. The molecule has 0 radical (unpaired) electrons. The first-order chi connectivity index (χ1) is 17.3. The molecule has 4 unspecified atom stereocenters. The monoisotopic (exact) mass is 591 g/mol. The predicted octanol–water partition coefficient (Wildman–Crippen LogP) is 4.63. The summed E-state index contributed by atoms with van der Waals surface area (Å²) >= 11 is 2.18. The lowest BCUT2D eigenvalue weighted by molar-refractivity contribution is -0.123. The van der Waals surface area contributed by atoms with Gasteiger partial charge in [-0.2, -0.15) is 0 Å². The van der Waals surface area contributed by atoms with Gasteiger partial charge in [-0.3, -0.25) is 24.1 Å². The van der Waals surface area contributed by atoms with Crippen LogP contribution in [0, 0.1) is 21.3 Å². The number of anilines is 1. The lowest BCUT2D eigenvalue weighted by atomic mass is 9.59. The molecule has 2 aromatic carbocycles. The number of imide groups is 1. The van der Waals surface area contributed by atoms with E-state index in [1.807, 2.05) is 18.2 Å². The Kier molecular flexibility index (Phi) is 5.37. The van der Waals surface area contributed by atoms with Gasteiger partial charge >= 0.3 is 0 Å². The van der Waals surface area contributed by atoms with Gasteiger partial charge < -0.3 is 5.11 Å². The number of nitrogens with zero attached hydrogens (tertiary/aromatic N) is 1. The quantitative estimate of drug-likeness (QED) is 0.238. The number of fused-ring (bicyclic) bond motifs is 3. The number of ketones is 2. The molecule has 1 N–H and O–H groups in total. The van der Waals surface area contributed by atoms with Crippen LogP contribution in [0.15, 0.2) is 83.0 Å². The first-order valence-electron chi connectivity index (χ1n) is 11.9. The van der Waals surface area contributed by atoms with Gasteiger partial charge in [0.1, 0.15) is 5.75 Å². The number of halogens is 1. The average Bonchev–Trinajstić information content (AvgIpc) is 3.12. The summed E-state index contributed by atoms with van der Waals surface area (Å²) in [6.07, 6.45) is 4.05. The molecule has 7 heteroatoms. The van der Waals surface area contributed by atoms with Crippen molar-refractivity contribution in [3.63, 3.8) is 0 Å². The van der Waals surface area contributed by atoms with Crippen molar-refractivity contribution in [2.45, 2.75) is 25.7 Å². The highest BCUT2D eigenvalue weighted by molar-refractivity contribution is 14.1. The van der Waals surface area contributed by atoms with Crippen LogP contribution in [-0.2, 0) is 19.2 Å². The van der Waals surface area contributed by atoms with E-state index in [1.165, 1.54) is 11.0 Å². The van der Waals surface area contributed by atoms with E-state index in [2.05, 4.69) is 22.6 Å². The molecule has 1 heterocycles. The lowest BCUT2D eigenvalue weighted by Gasteiger charge is -2.42. The number of Topliss-reactive ketones (excluding diaryl/α,β-unsaturated/α-hetero) is 1. The number of rotatable bonds is 2. The molecular weight excluding hydrogens is 569 g/mol. The molecule has 0 aromatic heterocycles. The minimum absolute atomic E-state index is 0.101. The number of phenols is 1. The van der Waals surface area contributed by atoms with E-state index in [0.29, 0.717) is 28.8 Å². The lowest BCUT2D eigenvalue weighted by Crippen LogP contribution is -2.39. The van der Waals surface area contributed by atoms with Gasteiger partial charge in [-0.25, -0.2) is 0 Å². The Morgan fingerprint density at radius 3 is 2.31 bits per heavy atom. The number of hydrogen-bond acceptors (Lipinski definition) is 5. The number of aromatic hydroxyl groups is 1. The highest BCUT2D eigenvalue weighted by atomic mass is 127. The van der Waals surface area contributed by atoms with Crippen LogP contribution in [0.3, 0.4) is 0 Å². The Balaban J connectivity index is 1.48. The van der Waals surface area contributed by atoms with Crippen molar-refractivity contribution < 1.29 is 24.3 Å². The number of benzene rings is 2. The third kappa shape index (κ3) is 3.36. The SMILES string of the molecule is CC1=CC(=O)C2=C(CC3C(=CCC4C(=O)N(c5ccc(I)cc5)C(=O)C43)C2c2ccc(O)cc2)C1=O. The third-order valence-corrected chi connectivity index (χ3v) is 8.59. The number of hydrogen-bond donors (Lipinski definition) is 1. The van der Waals surface area contributed by atoms with Gasteiger partial charge in [0.15, 0.2) is 11.6 Å². The molecule has 0 bridgehead atoms. The van der Waals surface area contributed by atoms with Gasteiger partial charge in [0.2, 0.25) is 11.8 Å². The third-order valence-electron chi connectivity index (χ3n) is 7.87. The van der Waals surface area contributed by atoms with E-state index >= 15 is 0 Å². The fourth-order valence-corrected chi connectivity index (χ4v) is 6.63. The highest BCUT2D eigenvalue weighted by Gasteiger charge is 2.56. The molecule has 3 aliphatic carbocycles. The molecule has 4 aliphatic rings. The molecular formula is C29H22INO5. The summed E-state index contributed by atoms with van der Waals surface area (Å²) in [4.78, 5) is 55.0. The van der Waals surface area contributed by atoms with E-state index < -0.39 is 17.8 Å². The molecule has 1 fully saturated rings. The Hall–Kier alpha value is -3.33. The summed E-state index contributed by atoms with van der Waals surface area (Å²) in [7, 11) is 0. The number of carbonyl (C=O) groups excluding carboxylic acids is 4. The van der Waals surface area contributed by atoms with Gasteiger partial charge in [0.25, 0.3) is 0 Å². The molecule has 1 saturated heterocycles. The maximum absolute atomic E-state index is 13.8. The number of carbonyl (C=O) groups is 4. The van der Waals surface area contributed by atoms with Gasteiger partial charge in [0.05, 0.1) is 17.5 Å². The van der Waals surface area contributed by atoms with Gasteiger partial charge in [-0.05, 0) is 96.3 Å². The van der Waals surface area contributed by atoms with E-state index in [-0.39, 0.29) is 41.5 Å². The second-order valence-corrected chi connectivity index (χ2v) is 11.1. The molecule has 2 amide bonds. The van der Waals surface area contributed by atoms with Crippen molar-refractivity contribution in [3.05, 3.63) is 92.1 Å². The molecule has 180 valence electrons. The molecule has 4 atom stereocenters. The number of amides is 2. The first kappa shape index (κ1) is 23.1. The van der Waals surface area contributed by atoms with Crippen LogP contribution in [0.2, 0.25) is 0 Å². The van der Waals surface area contributed by atoms with Crippen LogP contribution in [0.1, 0.15) is 31.2 Å². The van der Waals surface area contributed by atoms with E-state index in [9.17, 15) is 24.3 Å². The summed E-state index contributed by atoms with van der Waals surface area (Å²) in [5, 5.41) is 9.84. The summed E-state index contributed by atoms with van der Waals surface area (Å²) in [5.41, 5.74) is 3.50. The van der Waals surface area contributed by atoms with Crippen molar-refractivity contribution in [1.82, 2.24) is 0 Å². The standard InChI is InChI=1S/C29H22INO5/c1-14-12-23(33)26-22(27(14)34)13-21-19(24(26)15-2-8-18(32)9-3-15)10-11-20-25(21)29(36)31(28(20)35)17-6-4-16(30)5-7-17/h2-10,12,20-21,24-25,32H,11,13H2,1H3. The van der Waals surface area contributed by atoms with Gasteiger partial charge in [-0.15, -0.1) is 0 Å². The molecule has 6 nitrogen and oxygen atoms in total. The van der Waals surface area contributed by atoms with E-state index in [0.717, 1.165) is 14.7 Å². The van der Waals surface area contributed by atoms with Crippen LogP contribution in [-0.4, -0.2) is 28.5 Å². The molecule has 2 aromatic rings. The molecule has 0 saturated carbocycles. The molecule has 36 heavy (non-hydrogen) atoms. The number of allylic oxidation sites excluding steroid dienone is 6. The maximum Gasteiger partial charge on any atom is 0.238 e. The van der Waals surface area contributed by atoms with Crippen LogP contribution >= 0.6 is 22.6 Å². The predicted molar refractivity (Wildman–Crippen MR) is 141 cm³/mol. The van der Waals surface area contributed by atoms with Crippen LogP contribution in [0.4, 0.5) is 5.69 Å². The molecule has 1 aliphatic heterocycles. The zero-order valence-corrected chi connectivity index (χ0v) is 21.6. The van der Waals surface area contributed by atoms with Crippen molar-refractivity contribution in [2.75, 3.05) is 4.90 Å². The van der Waals surface area contributed by atoms with Crippen molar-refractivity contribution >= 4 is 51.7 Å². The zero-order chi connectivity index (χ0) is 25.3. The largest absolute Gasteiger partial charge is 0.508 e. The molecule has 6 rings (SSSR count). The second-order valence-electron chi connectivity index (χ2n) is 9.81. The molecule has 0 spiro atoms. The fourth-order valence-electron chi connectivity index (χ4n) is 6.27. The normalized spacial score (nSPS) is 27.4. The fraction of sp³-hybridized carbons (Fsp3) is 0.241. The van der Waals surface area contributed by atoms with Gasteiger partial charge in [0, 0.05) is 26.2 Å². The average molecular weight is 591 g/mol. The van der Waals surface area contributed by atoms with Crippen LogP contribution < -0.4 is 4.90 Å². The van der Waals surface area contributed by atoms with Crippen molar-refractivity contribution in [1.29, 1.82) is 0 Å². The Morgan fingerprint density at radius 1 is 0.917 bits per heavy atom. The smallest absolute Gasteiger partial charge is 0.238 e. The second kappa shape index (κ2) is 8.37. The van der Waals surface area contributed by atoms with Crippen molar-refractivity contribution in [2.24, 2.45) is 17.8 Å². The Labute approximate surface area is 221 Å². The summed E-state index contributed by atoms with van der Waals surface area (Å²) in [6.45, 7) is 1.64. The zero-order valence-electron chi connectivity index (χ0n) is 19.4. The first-order valence-corrected chi connectivity index (χ1v) is 13.0. The maximum atomic E-state index is 13.8. The number of phenolic OH excluding ortho intramolecular Hbond substituents is 1. The van der Waals surface area contributed by atoms with Gasteiger partial charge in [-0.1, -0.05) is 23.8 Å². The summed E-state index contributed by atoms with van der Waals surface area (Å²) in [6, 6.07) is 13.9. The van der Waals surface area contributed by atoms with Crippen LogP contribution in [0.5, 0.6) is 5.75 Å². The Morgan fingerprint density at radius 2 is 1.61 bits per heavy atom. The Bertz CT molecular complexity index is 1450. The highest BCUT2D eigenvalue weighted by Crippen LogP contribution is 2.55. The minimum atomic E-state index is -0.598. The van der Waals surface area contributed by atoms with Crippen molar-refractivity contribution in [3.8, 4) is 5.75 Å². The topological polar surface area (TPSA) is 91.8 Å². The summed E-state index contributed by atoms with van der Waals surface area (Å²) in [5.74, 6) is -2.72. The minimum Gasteiger partial charge on any atom is -0.508 e. The van der Waals surface area contributed by atoms with E-state index in [4.69, 9.17) is 0 Å². The van der Waals surface area contributed by atoms with Crippen LogP contribution in [0.25, 0.3) is 0 Å². The van der Waals surface area contributed by atoms with E-state index in [1.54, 1.807) is 43.3 Å².